The molecule has 0 aliphatic heterocycles. The second-order valence-electron chi connectivity index (χ2n) is 7.59. The van der Waals surface area contributed by atoms with Crippen LogP contribution in [0, 0.1) is 0 Å². The molecule has 0 amide bonds. The van der Waals surface area contributed by atoms with Crippen molar-refractivity contribution in [2.24, 2.45) is 0 Å². The van der Waals surface area contributed by atoms with E-state index in [1.54, 1.807) is 12.1 Å². The largest absolute Gasteiger partial charge is 0.508 e. The SMILES string of the molecule is CCCCCCCCCCCCOc1ccc(C(=O)c2ccc(O)cc2)c(O)c1. The highest BCUT2D eigenvalue weighted by molar-refractivity contribution is 6.10. The van der Waals surface area contributed by atoms with Gasteiger partial charge in [-0.3, -0.25) is 4.79 Å². The van der Waals surface area contributed by atoms with E-state index in [0.717, 1.165) is 12.8 Å². The van der Waals surface area contributed by atoms with Gasteiger partial charge in [0.1, 0.15) is 17.2 Å². The van der Waals surface area contributed by atoms with Gasteiger partial charge in [-0.1, -0.05) is 64.7 Å². The lowest BCUT2D eigenvalue weighted by atomic mass is 10.0. The van der Waals surface area contributed by atoms with Gasteiger partial charge in [-0.15, -0.1) is 0 Å². The second-order valence-corrected chi connectivity index (χ2v) is 7.59. The fourth-order valence-corrected chi connectivity index (χ4v) is 3.34. The molecule has 0 saturated heterocycles. The predicted octanol–water partition coefficient (Wildman–Crippen LogP) is 6.63. The summed E-state index contributed by atoms with van der Waals surface area (Å²) in [5, 5.41) is 19.5. The Morgan fingerprint density at radius 2 is 1.38 bits per heavy atom. The number of phenols is 2. The molecule has 0 radical (unpaired) electrons. The lowest BCUT2D eigenvalue weighted by Gasteiger charge is -2.09. The highest BCUT2D eigenvalue weighted by Crippen LogP contribution is 2.26. The van der Waals surface area contributed by atoms with Gasteiger partial charge < -0.3 is 14.9 Å². The number of benzene rings is 2. The van der Waals surface area contributed by atoms with Crippen molar-refractivity contribution < 1.29 is 19.7 Å². The Morgan fingerprint density at radius 1 is 0.793 bits per heavy atom. The average Bonchev–Trinajstić information content (AvgIpc) is 2.72. The molecular formula is C25H34O4. The average molecular weight is 399 g/mol. The minimum Gasteiger partial charge on any atom is -0.508 e. The van der Waals surface area contributed by atoms with Crippen LogP contribution in [-0.4, -0.2) is 22.6 Å². The number of aromatic hydroxyl groups is 2. The molecule has 2 rings (SSSR count). The number of hydrogen-bond donors (Lipinski definition) is 2. The van der Waals surface area contributed by atoms with Gasteiger partial charge in [0, 0.05) is 11.6 Å². The zero-order valence-electron chi connectivity index (χ0n) is 17.5. The maximum Gasteiger partial charge on any atom is 0.196 e. The van der Waals surface area contributed by atoms with Crippen LogP contribution >= 0.6 is 0 Å². The van der Waals surface area contributed by atoms with Gasteiger partial charge in [0.25, 0.3) is 0 Å². The molecule has 0 unspecified atom stereocenters. The molecule has 0 saturated carbocycles. The molecule has 29 heavy (non-hydrogen) atoms. The molecule has 2 aromatic rings. The summed E-state index contributed by atoms with van der Waals surface area (Å²) in [5.41, 5.74) is 0.638. The van der Waals surface area contributed by atoms with Crippen LogP contribution in [0.4, 0.5) is 0 Å². The number of ketones is 1. The normalized spacial score (nSPS) is 10.8. The van der Waals surface area contributed by atoms with E-state index < -0.39 is 0 Å². The molecule has 0 heterocycles. The third-order valence-corrected chi connectivity index (χ3v) is 5.11. The van der Waals surface area contributed by atoms with E-state index in [2.05, 4.69) is 6.92 Å². The van der Waals surface area contributed by atoms with Gasteiger partial charge in [-0.05, 0) is 42.8 Å². The van der Waals surface area contributed by atoms with Crippen LogP contribution in [0.15, 0.2) is 42.5 Å². The molecule has 4 heteroatoms. The molecule has 0 atom stereocenters. The Balaban J connectivity index is 1.66. The number of hydrogen-bond acceptors (Lipinski definition) is 4. The van der Waals surface area contributed by atoms with E-state index >= 15 is 0 Å². The Hall–Kier alpha value is -2.49. The van der Waals surface area contributed by atoms with Crippen molar-refractivity contribution in [3.8, 4) is 17.2 Å². The summed E-state index contributed by atoms with van der Waals surface area (Å²) < 4.78 is 5.71. The number of carbonyl (C=O) groups excluding carboxylic acids is 1. The van der Waals surface area contributed by atoms with E-state index in [0.29, 0.717) is 17.9 Å². The van der Waals surface area contributed by atoms with Crippen LogP contribution in [-0.2, 0) is 0 Å². The van der Waals surface area contributed by atoms with Crippen LogP contribution < -0.4 is 4.74 Å². The second kappa shape index (κ2) is 12.9. The molecule has 0 spiro atoms. The number of unbranched alkanes of at least 4 members (excludes halogenated alkanes) is 9. The maximum absolute atomic E-state index is 12.5. The van der Waals surface area contributed by atoms with Crippen molar-refractivity contribution in [1.82, 2.24) is 0 Å². The first-order valence-electron chi connectivity index (χ1n) is 10.9. The predicted molar refractivity (Wildman–Crippen MR) is 117 cm³/mol. The van der Waals surface area contributed by atoms with Crippen LogP contribution in [0.25, 0.3) is 0 Å². The van der Waals surface area contributed by atoms with Gasteiger partial charge in [0.2, 0.25) is 0 Å². The Labute approximate surface area is 174 Å². The number of ether oxygens (including phenoxy) is 1. The van der Waals surface area contributed by atoms with Gasteiger partial charge in [-0.25, -0.2) is 0 Å². The van der Waals surface area contributed by atoms with Crippen LogP contribution in [0.3, 0.4) is 0 Å². The Bertz CT molecular complexity index is 737. The molecule has 0 aromatic heterocycles. The third-order valence-electron chi connectivity index (χ3n) is 5.11. The lowest BCUT2D eigenvalue weighted by molar-refractivity contribution is 0.103. The van der Waals surface area contributed by atoms with E-state index in [9.17, 15) is 15.0 Å². The number of carbonyl (C=O) groups is 1. The topological polar surface area (TPSA) is 66.8 Å². The zero-order chi connectivity index (χ0) is 20.9. The van der Waals surface area contributed by atoms with Crippen molar-refractivity contribution >= 4 is 5.78 Å². The molecule has 2 N–H and O–H groups in total. The Morgan fingerprint density at radius 3 is 1.97 bits per heavy atom. The van der Waals surface area contributed by atoms with E-state index in [1.807, 2.05) is 0 Å². The van der Waals surface area contributed by atoms with Crippen LogP contribution in [0.2, 0.25) is 0 Å². The summed E-state index contributed by atoms with van der Waals surface area (Å²) in [6.07, 6.45) is 12.8. The Kier molecular flexibility index (Phi) is 10.1. The first-order valence-corrected chi connectivity index (χ1v) is 10.9. The van der Waals surface area contributed by atoms with Crippen molar-refractivity contribution in [3.63, 3.8) is 0 Å². The smallest absolute Gasteiger partial charge is 0.196 e. The highest BCUT2D eigenvalue weighted by Gasteiger charge is 2.14. The minimum atomic E-state index is -0.288. The molecular weight excluding hydrogens is 364 g/mol. The minimum absolute atomic E-state index is 0.0938. The van der Waals surface area contributed by atoms with Crippen LogP contribution in [0.1, 0.15) is 87.1 Å². The molecule has 158 valence electrons. The summed E-state index contributed by atoms with van der Waals surface area (Å²) in [6, 6.07) is 10.8. The van der Waals surface area contributed by atoms with Crippen molar-refractivity contribution in [3.05, 3.63) is 53.6 Å². The van der Waals surface area contributed by atoms with Gasteiger partial charge in [0.15, 0.2) is 5.78 Å². The van der Waals surface area contributed by atoms with Crippen molar-refractivity contribution in [2.75, 3.05) is 6.61 Å². The quantitative estimate of drug-likeness (QED) is 0.277. The molecule has 0 aliphatic rings. The van der Waals surface area contributed by atoms with Gasteiger partial charge in [-0.2, -0.15) is 0 Å². The third kappa shape index (κ3) is 8.18. The first-order chi connectivity index (χ1) is 14.1. The van der Waals surface area contributed by atoms with Gasteiger partial charge in [0.05, 0.1) is 12.2 Å². The van der Waals surface area contributed by atoms with E-state index in [1.165, 1.54) is 81.7 Å². The number of phenolic OH excluding ortho intramolecular Hbond substituents is 2. The molecule has 0 aliphatic carbocycles. The van der Waals surface area contributed by atoms with Crippen molar-refractivity contribution in [1.29, 1.82) is 0 Å². The van der Waals surface area contributed by atoms with Crippen molar-refractivity contribution in [2.45, 2.75) is 71.1 Å². The monoisotopic (exact) mass is 398 g/mol. The summed E-state index contributed by atoms with van der Waals surface area (Å²) >= 11 is 0. The first kappa shape index (κ1) is 22.8. The van der Waals surface area contributed by atoms with E-state index in [4.69, 9.17) is 4.74 Å². The number of rotatable bonds is 14. The fourth-order valence-electron chi connectivity index (χ4n) is 3.34. The highest BCUT2D eigenvalue weighted by atomic mass is 16.5. The fraction of sp³-hybridized carbons (Fsp3) is 0.480. The maximum atomic E-state index is 12.5. The molecule has 2 aromatic carbocycles. The zero-order valence-corrected chi connectivity index (χ0v) is 17.5. The van der Waals surface area contributed by atoms with Crippen LogP contribution in [0.5, 0.6) is 17.2 Å². The summed E-state index contributed by atoms with van der Waals surface area (Å²) in [4.78, 5) is 12.5. The summed E-state index contributed by atoms with van der Waals surface area (Å²) in [6.45, 7) is 2.86. The van der Waals surface area contributed by atoms with E-state index in [-0.39, 0.29) is 22.8 Å². The molecule has 0 bridgehead atoms. The summed E-state index contributed by atoms with van der Waals surface area (Å²) in [5.74, 6) is 0.287. The standard InChI is InChI=1S/C25H34O4/c1-2-3-4-5-6-7-8-9-10-11-18-29-22-16-17-23(24(27)19-22)25(28)20-12-14-21(26)15-13-20/h12-17,19,26-27H,2-11,18H2,1H3. The molecule has 0 fully saturated rings. The summed E-state index contributed by atoms with van der Waals surface area (Å²) in [7, 11) is 0. The molecule has 4 nitrogen and oxygen atoms in total. The van der Waals surface area contributed by atoms with Gasteiger partial charge >= 0.3 is 0 Å². The lowest BCUT2D eigenvalue weighted by Crippen LogP contribution is -2.02.